The Morgan fingerprint density at radius 1 is 1.38 bits per heavy atom. The maximum absolute atomic E-state index is 11.7. The number of nitrogens with one attached hydrogen (secondary N) is 2. The molecule has 0 saturated heterocycles. The van der Waals surface area contributed by atoms with Crippen molar-refractivity contribution in [2.75, 3.05) is 5.32 Å². The molecule has 2 amide bonds. The highest BCUT2D eigenvalue weighted by Gasteiger charge is 2.42. The second-order valence-electron chi connectivity index (χ2n) is 4.54. The van der Waals surface area contributed by atoms with E-state index >= 15 is 0 Å². The molecule has 1 aromatic rings. The van der Waals surface area contributed by atoms with E-state index in [1.807, 2.05) is 0 Å². The van der Waals surface area contributed by atoms with E-state index < -0.39 is 0 Å². The first-order valence-corrected chi connectivity index (χ1v) is 6.54. The molecule has 16 heavy (non-hydrogen) atoms. The molecule has 0 aliphatic heterocycles. The van der Waals surface area contributed by atoms with Crippen molar-refractivity contribution < 1.29 is 4.79 Å². The monoisotopic (exact) mass is 238 g/mol. The normalized spacial score (nSPS) is 19.8. The molecule has 3 rings (SSSR count). The highest BCUT2D eigenvalue weighted by Crippen LogP contribution is 2.44. The summed E-state index contributed by atoms with van der Waals surface area (Å²) >= 11 is 1.33. The van der Waals surface area contributed by atoms with E-state index in [-0.39, 0.29) is 6.03 Å². The third-order valence-electron chi connectivity index (χ3n) is 3.14. The zero-order chi connectivity index (χ0) is 11.0. The van der Waals surface area contributed by atoms with Gasteiger partial charge in [-0.05, 0) is 37.5 Å². The molecule has 0 radical (unpaired) electrons. The molecule has 6 heteroatoms. The maximum atomic E-state index is 11.7. The molecule has 0 aromatic carbocycles. The van der Waals surface area contributed by atoms with Crippen LogP contribution in [-0.2, 0) is 0 Å². The summed E-state index contributed by atoms with van der Waals surface area (Å²) < 4.78 is 0. The minimum atomic E-state index is -0.138. The summed E-state index contributed by atoms with van der Waals surface area (Å²) in [6.07, 6.45) is 5.06. The van der Waals surface area contributed by atoms with Crippen LogP contribution in [0.1, 0.15) is 25.7 Å². The fourth-order valence-corrected chi connectivity index (χ4v) is 2.48. The predicted octanol–water partition coefficient (Wildman–Crippen LogP) is 1.85. The first kappa shape index (κ1) is 10.0. The lowest BCUT2D eigenvalue weighted by atomic mass is 10.1. The summed E-state index contributed by atoms with van der Waals surface area (Å²) in [6, 6.07) is 0.244. The molecule has 0 unspecified atom stereocenters. The average Bonchev–Trinajstić information content (AvgIpc) is 3.17. The van der Waals surface area contributed by atoms with Gasteiger partial charge in [0.15, 0.2) is 0 Å². The average molecular weight is 238 g/mol. The van der Waals surface area contributed by atoms with Gasteiger partial charge in [0.05, 0.1) is 0 Å². The van der Waals surface area contributed by atoms with Gasteiger partial charge in [0.25, 0.3) is 0 Å². The Bertz CT molecular complexity index is 360. The number of rotatable bonds is 4. The quantitative estimate of drug-likeness (QED) is 0.841. The minimum Gasteiger partial charge on any atom is -0.335 e. The molecule has 2 saturated carbocycles. The van der Waals surface area contributed by atoms with Gasteiger partial charge in [-0.3, -0.25) is 5.32 Å². The van der Waals surface area contributed by atoms with Gasteiger partial charge >= 0.3 is 6.03 Å². The number of urea groups is 1. The molecule has 2 aliphatic rings. The Labute approximate surface area is 97.6 Å². The molecular weight excluding hydrogens is 224 g/mol. The molecule has 2 aliphatic carbocycles. The van der Waals surface area contributed by atoms with Crippen molar-refractivity contribution in [2.45, 2.75) is 31.7 Å². The van der Waals surface area contributed by atoms with Crippen LogP contribution < -0.4 is 10.6 Å². The van der Waals surface area contributed by atoms with Crippen LogP contribution in [0.5, 0.6) is 0 Å². The van der Waals surface area contributed by atoms with Crippen molar-refractivity contribution in [3.63, 3.8) is 0 Å². The Morgan fingerprint density at radius 3 is 2.56 bits per heavy atom. The largest absolute Gasteiger partial charge is 0.335 e. The molecule has 0 atom stereocenters. The summed E-state index contributed by atoms with van der Waals surface area (Å²) in [6.45, 7) is 0. The third-order valence-corrected chi connectivity index (χ3v) is 3.74. The van der Waals surface area contributed by atoms with Gasteiger partial charge in [-0.25, -0.2) is 4.79 Å². The highest BCUT2D eigenvalue weighted by molar-refractivity contribution is 7.13. The molecule has 1 heterocycles. The van der Waals surface area contributed by atoms with Crippen LogP contribution in [0.4, 0.5) is 9.93 Å². The molecule has 0 spiro atoms. The number of aromatic nitrogens is 2. The smallest absolute Gasteiger partial charge is 0.321 e. The second-order valence-corrected chi connectivity index (χ2v) is 5.38. The number of hydrogen-bond donors (Lipinski definition) is 2. The van der Waals surface area contributed by atoms with Crippen LogP contribution in [0.25, 0.3) is 0 Å². The van der Waals surface area contributed by atoms with Crippen molar-refractivity contribution in [1.29, 1.82) is 0 Å². The van der Waals surface area contributed by atoms with Crippen molar-refractivity contribution in [1.82, 2.24) is 15.5 Å². The molecule has 2 N–H and O–H groups in total. The van der Waals surface area contributed by atoms with Crippen LogP contribution in [-0.4, -0.2) is 22.3 Å². The van der Waals surface area contributed by atoms with Gasteiger partial charge in [0.1, 0.15) is 5.51 Å². The lowest BCUT2D eigenvalue weighted by molar-refractivity contribution is 0.245. The fourth-order valence-electron chi connectivity index (χ4n) is 2.04. The van der Waals surface area contributed by atoms with Crippen LogP contribution in [0, 0.1) is 11.8 Å². The van der Waals surface area contributed by atoms with Gasteiger partial charge < -0.3 is 5.32 Å². The van der Waals surface area contributed by atoms with Crippen LogP contribution in [0.3, 0.4) is 0 Å². The molecule has 86 valence electrons. The Balaban J connectivity index is 1.54. The topological polar surface area (TPSA) is 66.9 Å². The molecule has 5 nitrogen and oxygen atoms in total. The van der Waals surface area contributed by atoms with E-state index in [4.69, 9.17) is 0 Å². The maximum Gasteiger partial charge on any atom is 0.321 e. The van der Waals surface area contributed by atoms with Gasteiger partial charge in [-0.1, -0.05) is 11.3 Å². The van der Waals surface area contributed by atoms with Gasteiger partial charge in [0.2, 0.25) is 5.13 Å². The van der Waals surface area contributed by atoms with E-state index in [0.717, 1.165) is 0 Å². The number of nitrogens with zero attached hydrogens (tertiary/aromatic N) is 2. The summed E-state index contributed by atoms with van der Waals surface area (Å²) in [4.78, 5) is 11.7. The van der Waals surface area contributed by atoms with E-state index in [1.54, 1.807) is 5.51 Å². The van der Waals surface area contributed by atoms with Crippen molar-refractivity contribution in [2.24, 2.45) is 11.8 Å². The molecule has 1 aromatic heterocycles. The Kier molecular flexibility index (Phi) is 2.51. The first-order valence-electron chi connectivity index (χ1n) is 5.66. The van der Waals surface area contributed by atoms with Gasteiger partial charge in [-0.15, -0.1) is 10.2 Å². The summed E-state index contributed by atoms with van der Waals surface area (Å²) in [5.41, 5.74) is 1.61. The number of carbonyl (C=O) groups is 1. The van der Waals surface area contributed by atoms with Crippen molar-refractivity contribution in [3.05, 3.63) is 5.51 Å². The minimum absolute atomic E-state index is 0.138. The van der Waals surface area contributed by atoms with Crippen molar-refractivity contribution >= 4 is 22.5 Å². The van der Waals surface area contributed by atoms with E-state index in [0.29, 0.717) is 23.0 Å². The van der Waals surface area contributed by atoms with Crippen LogP contribution in [0.15, 0.2) is 5.51 Å². The van der Waals surface area contributed by atoms with Crippen LogP contribution >= 0.6 is 11.3 Å². The SMILES string of the molecule is O=C(Nc1nncs1)NC(C1CC1)C1CC1. The Hall–Kier alpha value is -1.17. The zero-order valence-corrected chi connectivity index (χ0v) is 9.67. The predicted molar refractivity (Wildman–Crippen MR) is 61.3 cm³/mol. The van der Waals surface area contributed by atoms with E-state index in [9.17, 15) is 4.79 Å². The lowest BCUT2D eigenvalue weighted by Crippen LogP contribution is -2.40. The van der Waals surface area contributed by atoms with E-state index in [2.05, 4.69) is 20.8 Å². The highest BCUT2D eigenvalue weighted by atomic mass is 32.1. The standard InChI is InChI=1S/C10H14N4OS/c15-9(13-10-14-11-5-16-10)12-8(6-1-2-6)7-3-4-7/h5-8H,1-4H2,(H2,12,13,14,15). The number of amides is 2. The molecule has 0 bridgehead atoms. The van der Waals surface area contributed by atoms with Gasteiger partial charge in [-0.2, -0.15) is 0 Å². The molecular formula is C10H14N4OS. The second kappa shape index (κ2) is 4.01. The van der Waals surface area contributed by atoms with Crippen molar-refractivity contribution in [3.8, 4) is 0 Å². The number of carbonyl (C=O) groups excluding carboxylic acids is 1. The number of anilines is 1. The zero-order valence-electron chi connectivity index (χ0n) is 8.85. The summed E-state index contributed by atoms with van der Waals surface area (Å²) in [7, 11) is 0. The number of hydrogen-bond acceptors (Lipinski definition) is 4. The fraction of sp³-hybridized carbons (Fsp3) is 0.700. The van der Waals surface area contributed by atoms with E-state index in [1.165, 1.54) is 37.0 Å². The Morgan fingerprint density at radius 2 is 2.06 bits per heavy atom. The first-order chi connectivity index (χ1) is 7.83. The molecule has 2 fully saturated rings. The lowest BCUT2D eigenvalue weighted by Gasteiger charge is -2.17. The van der Waals surface area contributed by atoms with Crippen LogP contribution in [0.2, 0.25) is 0 Å². The third kappa shape index (κ3) is 2.32. The summed E-state index contributed by atoms with van der Waals surface area (Å²) in [5.74, 6) is 1.43. The van der Waals surface area contributed by atoms with Gasteiger partial charge in [0, 0.05) is 6.04 Å². The summed E-state index contributed by atoms with van der Waals surface area (Å²) in [5, 5.41) is 13.8.